The van der Waals surface area contributed by atoms with Crippen molar-refractivity contribution < 1.29 is 13.6 Å². The van der Waals surface area contributed by atoms with Crippen LogP contribution >= 0.6 is 11.8 Å². The largest absolute Gasteiger partial charge is 0.364 e. The number of nitrogens with zero attached hydrogens (tertiary/aromatic N) is 3. The zero-order valence-electron chi connectivity index (χ0n) is 10.2. The monoisotopic (exact) mass is 306 g/mol. The number of aromatic nitrogens is 4. The Hall–Kier alpha value is -2.55. The van der Waals surface area contributed by atoms with E-state index in [0.717, 1.165) is 23.9 Å². The quantitative estimate of drug-likeness (QED) is 0.717. The first-order valence-corrected chi connectivity index (χ1v) is 6.43. The van der Waals surface area contributed by atoms with Crippen LogP contribution in [0.3, 0.4) is 0 Å². The minimum Gasteiger partial charge on any atom is -0.364 e. The van der Waals surface area contributed by atoms with E-state index in [4.69, 9.17) is 5.73 Å². The van der Waals surface area contributed by atoms with Crippen LogP contribution in [-0.2, 0) is 0 Å². The van der Waals surface area contributed by atoms with Gasteiger partial charge >= 0.3 is 0 Å². The zero-order chi connectivity index (χ0) is 15.0. The summed E-state index contributed by atoms with van der Waals surface area (Å²) in [5, 5.41) is 6.50. The van der Waals surface area contributed by atoms with Gasteiger partial charge in [0.25, 0.3) is 5.91 Å². The highest BCUT2D eigenvalue weighted by Crippen LogP contribution is 2.29. The molecular formula is C12H6F2N5OS. The number of hydrogen-bond donors (Lipinski definition) is 2. The van der Waals surface area contributed by atoms with Gasteiger partial charge in [0.1, 0.15) is 23.5 Å². The maximum Gasteiger partial charge on any atom is 0.268 e. The number of fused-ring (bicyclic) bond motifs is 1. The van der Waals surface area contributed by atoms with E-state index in [2.05, 4.69) is 26.4 Å². The first kappa shape index (κ1) is 13.4. The molecule has 0 saturated heterocycles. The van der Waals surface area contributed by atoms with E-state index in [-0.39, 0.29) is 26.8 Å². The summed E-state index contributed by atoms with van der Waals surface area (Å²) in [7, 11) is 0. The summed E-state index contributed by atoms with van der Waals surface area (Å²) in [4.78, 5) is 19.5. The SMILES string of the molecule is NC(=O)c1nc(Sc2ccc(F)cc2F)nc2[nH]n[c]c12. The van der Waals surface area contributed by atoms with Crippen molar-refractivity contribution in [3.63, 3.8) is 0 Å². The zero-order valence-corrected chi connectivity index (χ0v) is 11.0. The van der Waals surface area contributed by atoms with Gasteiger partial charge in [0.15, 0.2) is 10.8 Å². The van der Waals surface area contributed by atoms with Crippen molar-refractivity contribution in [1.29, 1.82) is 0 Å². The lowest BCUT2D eigenvalue weighted by atomic mass is 10.3. The molecule has 3 aromatic rings. The molecule has 2 aromatic heterocycles. The van der Waals surface area contributed by atoms with Gasteiger partial charge in [0.2, 0.25) is 0 Å². The Morgan fingerprint density at radius 2 is 2.14 bits per heavy atom. The fraction of sp³-hybridized carbons (Fsp3) is 0. The molecule has 0 spiro atoms. The first-order valence-electron chi connectivity index (χ1n) is 5.61. The smallest absolute Gasteiger partial charge is 0.268 e. The van der Waals surface area contributed by atoms with E-state index in [1.807, 2.05) is 0 Å². The maximum absolute atomic E-state index is 13.6. The summed E-state index contributed by atoms with van der Waals surface area (Å²) in [6.45, 7) is 0. The van der Waals surface area contributed by atoms with E-state index >= 15 is 0 Å². The van der Waals surface area contributed by atoms with Crippen molar-refractivity contribution >= 4 is 28.7 Å². The van der Waals surface area contributed by atoms with Gasteiger partial charge in [-0.1, -0.05) is 0 Å². The number of rotatable bonds is 3. The third-order valence-electron chi connectivity index (χ3n) is 2.55. The second kappa shape index (κ2) is 5.09. The molecule has 105 valence electrons. The molecule has 1 radical (unpaired) electrons. The van der Waals surface area contributed by atoms with E-state index in [9.17, 15) is 13.6 Å². The summed E-state index contributed by atoms with van der Waals surface area (Å²) in [5.74, 6) is -2.21. The highest BCUT2D eigenvalue weighted by atomic mass is 32.2. The molecule has 0 atom stereocenters. The molecule has 0 aliphatic carbocycles. The number of nitrogens with one attached hydrogen (secondary N) is 1. The van der Waals surface area contributed by atoms with Crippen molar-refractivity contribution in [2.24, 2.45) is 5.73 Å². The van der Waals surface area contributed by atoms with Gasteiger partial charge in [-0.25, -0.2) is 18.7 Å². The molecule has 0 unspecified atom stereocenters. The number of H-pyrrole nitrogens is 1. The number of carbonyl (C=O) groups excluding carboxylic acids is 1. The normalized spacial score (nSPS) is 11.0. The van der Waals surface area contributed by atoms with E-state index in [0.29, 0.717) is 0 Å². The number of halogens is 2. The molecule has 6 nitrogen and oxygen atoms in total. The van der Waals surface area contributed by atoms with Gasteiger partial charge in [-0.2, -0.15) is 5.10 Å². The van der Waals surface area contributed by atoms with Crippen LogP contribution in [0.2, 0.25) is 0 Å². The van der Waals surface area contributed by atoms with Gasteiger partial charge in [0, 0.05) is 6.07 Å². The molecular weight excluding hydrogens is 300 g/mol. The second-order valence-corrected chi connectivity index (χ2v) is 4.96. The van der Waals surface area contributed by atoms with Gasteiger partial charge < -0.3 is 5.73 Å². The van der Waals surface area contributed by atoms with Crippen LogP contribution < -0.4 is 5.73 Å². The standard InChI is InChI=1S/C12H6F2N5OS/c13-5-1-2-8(7(14)3-5)21-12-17-9(10(15)20)6-4-16-19-11(6)18-12/h1-3H,(H2,15,20)(H,16,17,18,19). The molecule has 21 heavy (non-hydrogen) atoms. The number of aromatic amines is 1. The minimum atomic E-state index is -0.776. The predicted molar refractivity (Wildman–Crippen MR) is 69.5 cm³/mol. The van der Waals surface area contributed by atoms with Crippen LogP contribution in [0.25, 0.3) is 11.0 Å². The molecule has 2 heterocycles. The lowest BCUT2D eigenvalue weighted by molar-refractivity contribution is 0.0996. The van der Waals surface area contributed by atoms with E-state index in [1.54, 1.807) is 0 Å². The van der Waals surface area contributed by atoms with Crippen molar-refractivity contribution in [1.82, 2.24) is 20.2 Å². The highest BCUT2D eigenvalue weighted by Gasteiger charge is 2.16. The lowest BCUT2D eigenvalue weighted by Gasteiger charge is -2.04. The summed E-state index contributed by atoms with van der Waals surface area (Å²) in [6.07, 6.45) is 2.52. The summed E-state index contributed by atoms with van der Waals surface area (Å²) in [6, 6.07) is 3.12. The first-order chi connectivity index (χ1) is 10.0. The Kier molecular flexibility index (Phi) is 3.26. The molecule has 0 bridgehead atoms. The van der Waals surface area contributed by atoms with Crippen LogP contribution in [-0.4, -0.2) is 26.1 Å². The summed E-state index contributed by atoms with van der Waals surface area (Å²) >= 11 is 0.839. The molecule has 0 aliphatic heterocycles. The topological polar surface area (TPSA) is 97.5 Å². The fourth-order valence-corrected chi connectivity index (χ4v) is 2.41. The summed E-state index contributed by atoms with van der Waals surface area (Å²) in [5.41, 5.74) is 5.41. The van der Waals surface area contributed by atoms with Crippen LogP contribution in [0.4, 0.5) is 8.78 Å². The molecule has 1 amide bonds. The average molecular weight is 306 g/mol. The Morgan fingerprint density at radius 1 is 1.33 bits per heavy atom. The minimum absolute atomic E-state index is 0.0706. The number of nitrogens with two attached hydrogens (primary N) is 1. The second-order valence-electron chi connectivity index (χ2n) is 3.95. The lowest BCUT2D eigenvalue weighted by Crippen LogP contribution is -2.14. The Bertz CT molecular complexity index is 851. The number of primary amides is 1. The average Bonchev–Trinajstić information content (AvgIpc) is 2.89. The Labute approximate surface area is 120 Å². The molecule has 0 saturated carbocycles. The van der Waals surface area contributed by atoms with E-state index < -0.39 is 17.5 Å². The predicted octanol–water partition coefficient (Wildman–Crippen LogP) is 1.68. The maximum atomic E-state index is 13.6. The van der Waals surface area contributed by atoms with Gasteiger partial charge in [-0.15, -0.1) is 0 Å². The van der Waals surface area contributed by atoms with Gasteiger partial charge in [0.05, 0.1) is 10.3 Å². The van der Waals surface area contributed by atoms with Crippen molar-refractivity contribution in [2.45, 2.75) is 10.1 Å². The number of amides is 1. The molecule has 0 fully saturated rings. The van der Waals surface area contributed by atoms with Crippen molar-refractivity contribution in [2.75, 3.05) is 0 Å². The molecule has 9 heteroatoms. The van der Waals surface area contributed by atoms with E-state index in [1.165, 1.54) is 6.07 Å². The van der Waals surface area contributed by atoms with Crippen LogP contribution in [0.15, 0.2) is 28.3 Å². The van der Waals surface area contributed by atoms with Gasteiger partial charge in [-0.3, -0.25) is 9.89 Å². The van der Waals surface area contributed by atoms with Gasteiger partial charge in [-0.05, 0) is 23.9 Å². The number of benzene rings is 1. The third-order valence-corrected chi connectivity index (χ3v) is 3.46. The van der Waals surface area contributed by atoms with Crippen LogP contribution in [0.5, 0.6) is 0 Å². The molecule has 3 rings (SSSR count). The summed E-state index contributed by atoms with van der Waals surface area (Å²) < 4.78 is 26.5. The Balaban J connectivity index is 2.06. The van der Waals surface area contributed by atoms with Crippen molar-refractivity contribution in [3.05, 3.63) is 41.7 Å². The molecule has 0 aliphatic rings. The number of hydrogen-bond acceptors (Lipinski definition) is 5. The molecule has 1 aromatic carbocycles. The van der Waals surface area contributed by atoms with Crippen LogP contribution in [0.1, 0.15) is 10.5 Å². The fourth-order valence-electron chi connectivity index (χ4n) is 1.64. The Morgan fingerprint density at radius 3 is 2.86 bits per heavy atom. The molecule has 3 N–H and O–H groups in total. The third kappa shape index (κ3) is 2.55. The van der Waals surface area contributed by atoms with Crippen LogP contribution in [0, 0.1) is 17.8 Å². The highest BCUT2D eigenvalue weighted by molar-refractivity contribution is 7.99. The number of carbonyl (C=O) groups is 1. The van der Waals surface area contributed by atoms with Crippen molar-refractivity contribution in [3.8, 4) is 0 Å².